The fourth-order valence-electron chi connectivity index (χ4n) is 1.37. The van der Waals surface area contributed by atoms with Gasteiger partial charge >= 0.3 is 0 Å². The highest BCUT2D eigenvalue weighted by Crippen LogP contribution is 2.14. The largest absolute Gasteiger partial charge is 0.223 e. The lowest BCUT2D eigenvalue weighted by atomic mass is 10.1. The monoisotopic (exact) mass is 184 g/mol. The summed E-state index contributed by atoms with van der Waals surface area (Å²) >= 11 is 5.74. The number of halogens is 1. The second kappa shape index (κ2) is 3.85. The predicted octanol–water partition coefficient (Wildman–Crippen LogP) is 2.56. The number of nitrogens with zero attached hydrogens (tertiary/aromatic N) is 2. The number of aryl methyl sites for hydroxylation is 2. The summed E-state index contributed by atoms with van der Waals surface area (Å²) < 4.78 is 0. The highest BCUT2D eigenvalue weighted by atomic mass is 35.5. The molecule has 1 rings (SSSR count). The fraction of sp³-hybridized carbons (Fsp3) is 0.556. The molecule has 0 saturated heterocycles. The first kappa shape index (κ1) is 9.46. The van der Waals surface area contributed by atoms with E-state index in [1.54, 1.807) is 0 Å². The Morgan fingerprint density at radius 1 is 1.17 bits per heavy atom. The van der Waals surface area contributed by atoms with Crippen LogP contribution in [0, 0.1) is 6.92 Å². The van der Waals surface area contributed by atoms with Gasteiger partial charge in [0.05, 0.1) is 0 Å². The summed E-state index contributed by atoms with van der Waals surface area (Å²) in [6.07, 6.45) is 1.90. The maximum atomic E-state index is 5.74. The van der Waals surface area contributed by atoms with Crippen molar-refractivity contribution in [2.75, 3.05) is 0 Å². The van der Waals surface area contributed by atoms with Crippen molar-refractivity contribution in [3.63, 3.8) is 0 Å². The summed E-state index contributed by atoms with van der Waals surface area (Å²) in [7, 11) is 0. The third-order valence-corrected chi connectivity index (χ3v) is 2.13. The molecule has 0 saturated carbocycles. The van der Waals surface area contributed by atoms with Gasteiger partial charge in [-0.15, -0.1) is 0 Å². The van der Waals surface area contributed by atoms with Crippen molar-refractivity contribution in [2.45, 2.75) is 33.6 Å². The minimum Gasteiger partial charge on any atom is -0.223 e. The molecule has 66 valence electrons. The third-order valence-electron chi connectivity index (χ3n) is 1.96. The molecule has 0 fully saturated rings. The molecular formula is C9H13ClN2. The summed E-state index contributed by atoms with van der Waals surface area (Å²) in [5, 5.41) is 0.363. The molecule has 0 atom stereocenters. The minimum absolute atomic E-state index is 0.363. The van der Waals surface area contributed by atoms with E-state index < -0.39 is 0 Å². The van der Waals surface area contributed by atoms with E-state index in [1.165, 1.54) is 5.56 Å². The second-order valence-electron chi connectivity index (χ2n) is 2.71. The van der Waals surface area contributed by atoms with Crippen LogP contribution < -0.4 is 0 Å². The highest BCUT2D eigenvalue weighted by molar-refractivity contribution is 6.28. The van der Waals surface area contributed by atoms with Gasteiger partial charge in [-0.3, -0.25) is 0 Å². The number of hydrogen-bond donors (Lipinski definition) is 0. The molecule has 0 aliphatic heterocycles. The first-order valence-corrected chi connectivity index (χ1v) is 4.58. The van der Waals surface area contributed by atoms with Crippen molar-refractivity contribution in [1.82, 2.24) is 9.97 Å². The van der Waals surface area contributed by atoms with Gasteiger partial charge in [-0.05, 0) is 36.9 Å². The summed E-state index contributed by atoms with van der Waals surface area (Å²) in [6.45, 7) is 6.17. The van der Waals surface area contributed by atoms with Gasteiger partial charge in [0, 0.05) is 11.4 Å². The van der Waals surface area contributed by atoms with Gasteiger partial charge in [0.15, 0.2) is 0 Å². The molecule has 0 N–H and O–H groups in total. The molecule has 1 heterocycles. The van der Waals surface area contributed by atoms with E-state index in [4.69, 9.17) is 11.6 Å². The van der Waals surface area contributed by atoms with Crippen LogP contribution in [0.1, 0.15) is 30.8 Å². The summed E-state index contributed by atoms with van der Waals surface area (Å²) in [4.78, 5) is 8.28. The van der Waals surface area contributed by atoms with Crippen molar-refractivity contribution < 1.29 is 0 Å². The predicted molar refractivity (Wildman–Crippen MR) is 50.5 cm³/mol. The van der Waals surface area contributed by atoms with Crippen LogP contribution >= 0.6 is 11.6 Å². The van der Waals surface area contributed by atoms with E-state index in [0.29, 0.717) is 5.28 Å². The zero-order valence-electron chi connectivity index (χ0n) is 7.69. The van der Waals surface area contributed by atoms with E-state index in [-0.39, 0.29) is 0 Å². The number of hydrogen-bond acceptors (Lipinski definition) is 2. The van der Waals surface area contributed by atoms with Crippen LogP contribution in [0.25, 0.3) is 0 Å². The van der Waals surface area contributed by atoms with Gasteiger partial charge in [0.2, 0.25) is 5.28 Å². The van der Waals surface area contributed by atoms with Crippen LogP contribution in [-0.2, 0) is 12.8 Å². The van der Waals surface area contributed by atoms with Crippen molar-refractivity contribution in [2.24, 2.45) is 0 Å². The van der Waals surface area contributed by atoms with Gasteiger partial charge in [0.1, 0.15) is 0 Å². The first-order valence-electron chi connectivity index (χ1n) is 4.20. The SMILES string of the molecule is CCc1nc(Cl)nc(C)c1CC. The Kier molecular flexibility index (Phi) is 3.04. The average Bonchev–Trinajstić information content (AvgIpc) is 2.03. The topological polar surface area (TPSA) is 25.8 Å². The normalized spacial score (nSPS) is 10.3. The molecule has 1 aromatic rings. The first-order chi connectivity index (χ1) is 5.69. The molecule has 1 aromatic heterocycles. The zero-order chi connectivity index (χ0) is 9.14. The molecular weight excluding hydrogens is 172 g/mol. The molecule has 0 unspecified atom stereocenters. The third kappa shape index (κ3) is 1.75. The van der Waals surface area contributed by atoms with Gasteiger partial charge in [-0.25, -0.2) is 9.97 Å². The number of rotatable bonds is 2. The molecule has 0 aliphatic rings. The van der Waals surface area contributed by atoms with E-state index in [2.05, 4.69) is 23.8 Å². The lowest BCUT2D eigenvalue weighted by molar-refractivity contribution is 0.904. The minimum atomic E-state index is 0.363. The maximum absolute atomic E-state index is 5.74. The molecule has 12 heavy (non-hydrogen) atoms. The lowest BCUT2D eigenvalue weighted by Gasteiger charge is -2.07. The van der Waals surface area contributed by atoms with Crippen LogP contribution in [0.4, 0.5) is 0 Å². The Bertz CT molecular complexity index is 284. The van der Waals surface area contributed by atoms with Gasteiger partial charge in [0.25, 0.3) is 0 Å². The average molecular weight is 185 g/mol. The Morgan fingerprint density at radius 2 is 1.83 bits per heavy atom. The molecule has 0 bridgehead atoms. The number of aromatic nitrogens is 2. The van der Waals surface area contributed by atoms with Gasteiger partial charge in [-0.2, -0.15) is 0 Å². The Labute approximate surface area is 78.0 Å². The Hall–Kier alpha value is -0.630. The van der Waals surface area contributed by atoms with Crippen molar-refractivity contribution in [1.29, 1.82) is 0 Å². The van der Waals surface area contributed by atoms with Crippen LogP contribution in [0.3, 0.4) is 0 Å². The fourth-order valence-corrected chi connectivity index (χ4v) is 1.60. The summed E-state index contributed by atoms with van der Waals surface area (Å²) in [5.41, 5.74) is 3.33. The summed E-state index contributed by atoms with van der Waals surface area (Å²) in [5.74, 6) is 0. The van der Waals surface area contributed by atoms with Gasteiger partial charge in [-0.1, -0.05) is 13.8 Å². The smallest absolute Gasteiger partial charge is 0.222 e. The highest BCUT2D eigenvalue weighted by Gasteiger charge is 2.06. The molecule has 0 aliphatic carbocycles. The standard InChI is InChI=1S/C9H13ClN2/c1-4-7-6(3)11-9(10)12-8(7)5-2/h4-5H2,1-3H3. The van der Waals surface area contributed by atoms with Crippen LogP contribution in [0.5, 0.6) is 0 Å². The van der Waals surface area contributed by atoms with Crippen LogP contribution in [0.15, 0.2) is 0 Å². The summed E-state index contributed by atoms with van der Waals surface area (Å²) in [6, 6.07) is 0. The molecule has 2 nitrogen and oxygen atoms in total. The second-order valence-corrected chi connectivity index (χ2v) is 3.05. The molecule has 3 heteroatoms. The van der Waals surface area contributed by atoms with Crippen molar-refractivity contribution in [3.05, 3.63) is 22.2 Å². The van der Waals surface area contributed by atoms with E-state index >= 15 is 0 Å². The van der Waals surface area contributed by atoms with E-state index in [0.717, 1.165) is 24.2 Å². The molecule has 0 spiro atoms. The molecule has 0 aromatic carbocycles. The molecule has 0 radical (unpaired) electrons. The van der Waals surface area contributed by atoms with Crippen molar-refractivity contribution >= 4 is 11.6 Å². The Balaban J connectivity index is 3.24. The van der Waals surface area contributed by atoms with E-state index in [9.17, 15) is 0 Å². The Morgan fingerprint density at radius 3 is 2.33 bits per heavy atom. The zero-order valence-corrected chi connectivity index (χ0v) is 8.44. The van der Waals surface area contributed by atoms with E-state index in [1.807, 2.05) is 6.92 Å². The quantitative estimate of drug-likeness (QED) is 0.661. The van der Waals surface area contributed by atoms with Crippen molar-refractivity contribution in [3.8, 4) is 0 Å². The van der Waals surface area contributed by atoms with Gasteiger partial charge < -0.3 is 0 Å². The molecule has 0 amide bonds. The van der Waals surface area contributed by atoms with Crippen LogP contribution in [0.2, 0.25) is 5.28 Å². The van der Waals surface area contributed by atoms with Crippen LogP contribution in [-0.4, -0.2) is 9.97 Å². The maximum Gasteiger partial charge on any atom is 0.222 e. The lowest BCUT2D eigenvalue weighted by Crippen LogP contribution is -2.01.